The number of nitrogens with one attached hydrogen (secondary N) is 2. The summed E-state index contributed by atoms with van der Waals surface area (Å²) in [6.45, 7) is 0.229. The Morgan fingerprint density at radius 2 is 1.89 bits per heavy atom. The number of amides is 1. The number of nitrogens with zero attached hydrogens (tertiary/aromatic N) is 1. The number of aromatic nitrogens is 1. The van der Waals surface area contributed by atoms with E-state index in [1.807, 2.05) is 6.07 Å². The van der Waals surface area contributed by atoms with E-state index in [9.17, 15) is 13.2 Å². The molecule has 1 aromatic heterocycles. The lowest BCUT2D eigenvalue weighted by molar-refractivity contribution is -0.123. The molecule has 1 saturated carbocycles. The monoisotopic (exact) mass is 389 g/mol. The van der Waals surface area contributed by atoms with E-state index in [1.54, 1.807) is 30.6 Å². The van der Waals surface area contributed by atoms with Crippen molar-refractivity contribution in [1.29, 1.82) is 0 Å². The van der Waals surface area contributed by atoms with Crippen molar-refractivity contribution in [3.05, 3.63) is 54.4 Å². The summed E-state index contributed by atoms with van der Waals surface area (Å²) in [6, 6.07) is 9.77. The summed E-state index contributed by atoms with van der Waals surface area (Å²) in [5.41, 5.74) is 0.898. The second kappa shape index (κ2) is 8.96. The molecular weight excluding hydrogens is 366 g/mol. The number of rotatable bonds is 8. The van der Waals surface area contributed by atoms with Gasteiger partial charge >= 0.3 is 0 Å². The standard InChI is InChI=1S/C19H23N3O4S/c23-19(21-13-15-4-3-11-20-12-15)14-26-17-7-9-18(10-8-17)27(24,25)22-16-5-1-2-6-16/h3-4,7-12,16,22H,1-2,5-6,13-14H2,(H,21,23). The highest BCUT2D eigenvalue weighted by atomic mass is 32.2. The van der Waals surface area contributed by atoms with Crippen LogP contribution in [0.4, 0.5) is 0 Å². The third-order valence-corrected chi connectivity index (χ3v) is 5.93. The minimum absolute atomic E-state index is 0.0226. The van der Waals surface area contributed by atoms with Crippen molar-refractivity contribution in [3.63, 3.8) is 0 Å². The Bertz CT molecular complexity index is 848. The molecule has 144 valence electrons. The van der Waals surface area contributed by atoms with Crippen LogP contribution < -0.4 is 14.8 Å². The van der Waals surface area contributed by atoms with Gasteiger partial charge < -0.3 is 10.1 Å². The minimum Gasteiger partial charge on any atom is -0.484 e. The van der Waals surface area contributed by atoms with Crippen molar-refractivity contribution in [2.75, 3.05) is 6.61 Å². The van der Waals surface area contributed by atoms with Crippen molar-refractivity contribution in [3.8, 4) is 5.75 Å². The second-order valence-corrected chi connectivity index (χ2v) is 8.21. The van der Waals surface area contributed by atoms with E-state index in [4.69, 9.17) is 4.74 Å². The predicted octanol–water partition coefficient (Wildman–Crippen LogP) is 2.00. The summed E-state index contributed by atoms with van der Waals surface area (Å²) in [4.78, 5) is 16.0. The van der Waals surface area contributed by atoms with Crippen LogP contribution in [0.15, 0.2) is 53.7 Å². The lowest BCUT2D eigenvalue weighted by Crippen LogP contribution is -2.32. The highest BCUT2D eigenvalue weighted by Gasteiger charge is 2.22. The van der Waals surface area contributed by atoms with Crippen LogP contribution in [0.3, 0.4) is 0 Å². The van der Waals surface area contributed by atoms with Crippen LogP contribution in [0.1, 0.15) is 31.2 Å². The van der Waals surface area contributed by atoms with Crippen LogP contribution in [-0.2, 0) is 21.4 Å². The number of sulfonamides is 1. The number of hydrogen-bond donors (Lipinski definition) is 2. The average Bonchev–Trinajstić information content (AvgIpc) is 3.18. The number of pyridine rings is 1. The highest BCUT2D eigenvalue weighted by Crippen LogP contribution is 2.21. The largest absolute Gasteiger partial charge is 0.484 e. The van der Waals surface area contributed by atoms with Crippen LogP contribution in [0.2, 0.25) is 0 Å². The number of ether oxygens (including phenoxy) is 1. The summed E-state index contributed by atoms with van der Waals surface area (Å²) < 4.78 is 32.9. The maximum absolute atomic E-state index is 12.4. The van der Waals surface area contributed by atoms with Crippen LogP contribution in [-0.4, -0.2) is 32.0 Å². The Hall–Kier alpha value is -2.45. The molecule has 0 aliphatic heterocycles. The number of carbonyl (C=O) groups excluding carboxylic acids is 1. The van der Waals surface area contributed by atoms with Crippen molar-refractivity contribution in [2.45, 2.75) is 43.2 Å². The molecule has 1 amide bonds. The van der Waals surface area contributed by atoms with E-state index in [1.165, 1.54) is 12.1 Å². The molecule has 2 aromatic rings. The molecular formula is C19H23N3O4S. The zero-order chi connectivity index (χ0) is 19.1. The first-order valence-corrected chi connectivity index (χ1v) is 10.4. The van der Waals surface area contributed by atoms with Gasteiger partial charge in [-0.3, -0.25) is 9.78 Å². The molecule has 0 saturated heterocycles. The van der Waals surface area contributed by atoms with Crippen molar-refractivity contribution in [2.24, 2.45) is 0 Å². The van der Waals surface area contributed by atoms with Crippen LogP contribution in [0.5, 0.6) is 5.75 Å². The zero-order valence-electron chi connectivity index (χ0n) is 14.9. The second-order valence-electron chi connectivity index (χ2n) is 6.50. The molecule has 3 rings (SSSR count). The molecule has 1 aliphatic carbocycles. The SMILES string of the molecule is O=C(COc1ccc(S(=O)(=O)NC2CCCC2)cc1)NCc1cccnc1. The molecule has 1 aliphatic rings. The third-order valence-electron chi connectivity index (χ3n) is 4.39. The normalized spacial score (nSPS) is 14.8. The third kappa shape index (κ3) is 5.77. The molecule has 0 bridgehead atoms. The quantitative estimate of drug-likeness (QED) is 0.720. The van der Waals surface area contributed by atoms with Gasteiger partial charge in [0.15, 0.2) is 6.61 Å². The predicted molar refractivity (Wildman–Crippen MR) is 101 cm³/mol. The van der Waals surface area contributed by atoms with Crippen LogP contribution in [0, 0.1) is 0 Å². The van der Waals surface area contributed by atoms with Gasteiger partial charge in [-0.15, -0.1) is 0 Å². The maximum atomic E-state index is 12.4. The topological polar surface area (TPSA) is 97.4 Å². The van der Waals surface area contributed by atoms with Crippen LogP contribution in [0.25, 0.3) is 0 Å². The fourth-order valence-electron chi connectivity index (χ4n) is 2.95. The van der Waals surface area contributed by atoms with Gasteiger partial charge in [-0.05, 0) is 48.7 Å². The number of hydrogen-bond acceptors (Lipinski definition) is 5. The van der Waals surface area contributed by atoms with Gasteiger partial charge in [0.05, 0.1) is 4.90 Å². The molecule has 2 N–H and O–H groups in total. The summed E-state index contributed by atoms with van der Waals surface area (Å²) >= 11 is 0. The highest BCUT2D eigenvalue weighted by molar-refractivity contribution is 7.89. The molecule has 0 radical (unpaired) electrons. The zero-order valence-corrected chi connectivity index (χ0v) is 15.7. The average molecular weight is 389 g/mol. The molecule has 1 fully saturated rings. The molecule has 0 unspecified atom stereocenters. The molecule has 8 heteroatoms. The van der Waals surface area contributed by atoms with Crippen molar-refractivity contribution < 1.29 is 17.9 Å². The first-order valence-electron chi connectivity index (χ1n) is 8.94. The summed E-state index contributed by atoms with van der Waals surface area (Å²) in [5.74, 6) is 0.171. The first kappa shape index (κ1) is 19.3. The molecule has 1 aromatic carbocycles. The first-order chi connectivity index (χ1) is 13.0. The lowest BCUT2D eigenvalue weighted by Gasteiger charge is -2.13. The van der Waals surface area contributed by atoms with Gasteiger partial charge in [-0.25, -0.2) is 13.1 Å². The molecule has 0 spiro atoms. The summed E-state index contributed by atoms with van der Waals surface area (Å²) in [5, 5.41) is 2.74. The summed E-state index contributed by atoms with van der Waals surface area (Å²) in [6.07, 6.45) is 7.23. The Kier molecular flexibility index (Phi) is 6.41. The fraction of sp³-hybridized carbons (Fsp3) is 0.368. The molecule has 7 nitrogen and oxygen atoms in total. The number of carbonyl (C=O) groups is 1. The minimum atomic E-state index is -3.52. The Morgan fingerprint density at radius 1 is 1.15 bits per heavy atom. The molecule has 1 heterocycles. The van der Waals surface area contributed by atoms with E-state index in [0.717, 1.165) is 31.2 Å². The Morgan fingerprint density at radius 3 is 2.56 bits per heavy atom. The van der Waals surface area contributed by atoms with E-state index in [0.29, 0.717) is 12.3 Å². The maximum Gasteiger partial charge on any atom is 0.258 e. The lowest BCUT2D eigenvalue weighted by atomic mass is 10.3. The van der Waals surface area contributed by atoms with Gasteiger partial charge in [0.2, 0.25) is 10.0 Å². The van der Waals surface area contributed by atoms with E-state index in [2.05, 4.69) is 15.0 Å². The van der Waals surface area contributed by atoms with Crippen LogP contribution >= 0.6 is 0 Å². The van der Waals surface area contributed by atoms with Gasteiger partial charge in [0.25, 0.3) is 5.91 Å². The van der Waals surface area contributed by atoms with E-state index < -0.39 is 10.0 Å². The van der Waals surface area contributed by atoms with Gasteiger partial charge in [0, 0.05) is 25.0 Å². The number of benzene rings is 1. The van der Waals surface area contributed by atoms with E-state index in [-0.39, 0.29) is 23.5 Å². The molecule has 0 atom stereocenters. The molecule has 27 heavy (non-hydrogen) atoms. The summed E-state index contributed by atoms with van der Waals surface area (Å²) in [7, 11) is -3.52. The van der Waals surface area contributed by atoms with Crippen molar-refractivity contribution in [1.82, 2.24) is 15.0 Å². The Labute approximate surface area is 159 Å². The van der Waals surface area contributed by atoms with Crippen molar-refractivity contribution >= 4 is 15.9 Å². The fourth-order valence-corrected chi connectivity index (χ4v) is 4.25. The van der Waals surface area contributed by atoms with E-state index >= 15 is 0 Å². The van der Waals surface area contributed by atoms with Gasteiger partial charge in [0.1, 0.15) is 5.75 Å². The Balaban J connectivity index is 1.47. The van der Waals surface area contributed by atoms with Gasteiger partial charge in [-0.2, -0.15) is 0 Å². The smallest absolute Gasteiger partial charge is 0.258 e. The van der Waals surface area contributed by atoms with Gasteiger partial charge in [-0.1, -0.05) is 18.9 Å².